The van der Waals surface area contributed by atoms with Crippen LogP contribution in [0.4, 0.5) is 0 Å². The lowest BCUT2D eigenvalue weighted by atomic mass is 10.0. The van der Waals surface area contributed by atoms with Gasteiger partial charge in [-0.05, 0) is 32.6 Å². The molecule has 0 aromatic carbocycles. The summed E-state index contributed by atoms with van der Waals surface area (Å²) in [4.78, 5) is 0. The first-order valence-corrected chi connectivity index (χ1v) is 5.45. The fourth-order valence-electron chi connectivity index (χ4n) is 1.28. The average molecular weight is 214 g/mol. The summed E-state index contributed by atoms with van der Waals surface area (Å²) in [6.07, 6.45) is 8.64. The van der Waals surface area contributed by atoms with Gasteiger partial charge in [-0.2, -0.15) is 0 Å². The lowest BCUT2D eigenvalue weighted by Crippen LogP contribution is -2.25. The van der Waals surface area contributed by atoms with Crippen molar-refractivity contribution in [1.29, 1.82) is 0 Å². The Morgan fingerprint density at radius 1 is 0.933 bits per heavy atom. The maximum absolute atomic E-state index is 9.55. The molecule has 88 valence electrons. The first-order chi connectivity index (χ1) is 7.22. The zero-order valence-corrected chi connectivity index (χ0v) is 9.34. The fourth-order valence-corrected chi connectivity index (χ4v) is 1.28. The zero-order valence-electron chi connectivity index (χ0n) is 9.34. The molecule has 0 saturated carbocycles. The Labute approximate surface area is 91.8 Å². The van der Waals surface area contributed by atoms with Crippen molar-refractivity contribution in [3.05, 3.63) is 24.3 Å². The molecule has 2 atom stereocenters. The molecule has 0 spiro atoms. The molecule has 3 heteroatoms. The Morgan fingerprint density at radius 2 is 1.47 bits per heavy atom. The number of hydrogen-bond donors (Lipinski definition) is 3. The van der Waals surface area contributed by atoms with Gasteiger partial charge in [0.1, 0.15) is 0 Å². The van der Waals surface area contributed by atoms with Crippen molar-refractivity contribution in [2.75, 3.05) is 6.61 Å². The van der Waals surface area contributed by atoms with E-state index in [4.69, 9.17) is 5.11 Å². The van der Waals surface area contributed by atoms with Gasteiger partial charge in [0.05, 0.1) is 18.8 Å². The van der Waals surface area contributed by atoms with Crippen molar-refractivity contribution in [3.63, 3.8) is 0 Å². The lowest BCUT2D eigenvalue weighted by Gasteiger charge is -2.16. The molecule has 0 aliphatic heterocycles. The average Bonchev–Trinajstić information content (AvgIpc) is 2.24. The molecule has 0 aliphatic rings. The Hall–Kier alpha value is -0.640. The summed E-state index contributed by atoms with van der Waals surface area (Å²) in [6, 6.07) is 0. The molecule has 0 fully saturated rings. The molecule has 2 unspecified atom stereocenters. The van der Waals surface area contributed by atoms with Crippen molar-refractivity contribution >= 4 is 0 Å². The third-order valence-electron chi connectivity index (χ3n) is 2.21. The van der Waals surface area contributed by atoms with Crippen LogP contribution in [0.25, 0.3) is 0 Å². The van der Waals surface area contributed by atoms with Gasteiger partial charge in [0.25, 0.3) is 0 Å². The van der Waals surface area contributed by atoms with E-state index >= 15 is 0 Å². The van der Waals surface area contributed by atoms with Gasteiger partial charge >= 0.3 is 0 Å². The summed E-state index contributed by atoms with van der Waals surface area (Å²) < 4.78 is 0. The molecule has 0 amide bonds. The topological polar surface area (TPSA) is 60.7 Å². The van der Waals surface area contributed by atoms with Crippen LogP contribution in [0.3, 0.4) is 0 Å². The van der Waals surface area contributed by atoms with Crippen LogP contribution >= 0.6 is 0 Å². The van der Waals surface area contributed by atoms with E-state index in [2.05, 4.69) is 0 Å². The van der Waals surface area contributed by atoms with Gasteiger partial charge in [-0.1, -0.05) is 24.3 Å². The van der Waals surface area contributed by atoms with E-state index in [1.165, 1.54) is 0 Å². The number of aliphatic hydroxyl groups is 3. The van der Waals surface area contributed by atoms with Gasteiger partial charge < -0.3 is 15.3 Å². The van der Waals surface area contributed by atoms with E-state index in [0.717, 1.165) is 6.42 Å². The molecular weight excluding hydrogens is 192 g/mol. The van der Waals surface area contributed by atoms with Crippen LogP contribution in [0, 0.1) is 0 Å². The van der Waals surface area contributed by atoms with E-state index in [1.54, 1.807) is 6.08 Å². The van der Waals surface area contributed by atoms with Crippen molar-refractivity contribution in [3.8, 4) is 0 Å². The standard InChI is InChI=1S/C12H22O3/c1-2-3-5-8-11(14)12(15)9-6-4-7-10-13/h2-4,7,11-15H,5-6,8-10H2,1H3. The molecule has 0 radical (unpaired) electrons. The van der Waals surface area contributed by atoms with Crippen molar-refractivity contribution in [2.24, 2.45) is 0 Å². The zero-order chi connectivity index (χ0) is 11.5. The summed E-state index contributed by atoms with van der Waals surface area (Å²) in [7, 11) is 0. The normalized spacial score (nSPS) is 16.3. The first-order valence-electron chi connectivity index (χ1n) is 5.45. The van der Waals surface area contributed by atoms with Crippen molar-refractivity contribution in [2.45, 2.75) is 44.8 Å². The molecule has 3 N–H and O–H groups in total. The smallest absolute Gasteiger partial charge is 0.0802 e. The molecule has 0 heterocycles. The molecule has 0 bridgehead atoms. The maximum atomic E-state index is 9.55. The number of hydrogen-bond acceptors (Lipinski definition) is 3. The molecule has 3 nitrogen and oxygen atoms in total. The Bertz CT molecular complexity index is 187. The highest BCUT2D eigenvalue weighted by Crippen LogP contribution is 2.09. The van der Waals surface area contributed by atoms with E-state index in [1.807, 2.05) is 25.2 Å². The highest BCUT2D eigenvalue weighted by molar-refractivity contribution is 4.84. The van der Waals surface area contributed by atoms with Crippen molar-refractivity contribution in [1.82, 2.24) is 0 Å². The van der Waals surface area contributed by atoms with Crippen LogP contribution in [-0.2, 0) is 0 Å². The van der Waals surface area contributed by atoms with Gasteiger partial charge in [0.2, 0.25) is 0 Å². The number of allylic oxidation sites excluding steroid dienone is 3. The van der Waals surface area contributed by atoms with Crippen LogP contribution in [0.5, 0.6) is 0 Å². The minimum Gasteiger partial charge on any atom is -0.392 e. The second kappa shape index (κ2) is 9.90. The van der Waals surface area contributed by atoms with E-state index in [9.17, 15) is 10.2 Å². The van der Waals surface area contributed by atoms with Crippen LogP contribution in [-0.4, -0.2) is 34.1 Å². The minimum absolute atomic E-state index is 0.0277. The van der Waals surface area contributed by atoms with Gasteiger partial charge in [0, 0.05) is 0 Å². The van der Waals surface area contributed by atoms with Crippen LogP contribution in [0.15, 0.2) is 24.3 Å². The summed E-state index contributed by atoms with van der Waals surface area (Å²) in [5.41, 5.74) is 0. The van der Waals surface area contributed by atoms with E-state index < -0.39 is 12.2 Å². The Kier molecular flexibility index (Phi) is 9.48. The third kappa shape index (κ3) is 8.36. The van der Waals surface area contributed by atoms with Gasteiger partial charge in [-0.15, -0.1) is 0 Å². The van der Waals surface area contributed by atoms with Crippen LogP contribution in [0.1, 0.15) is 32.6 Å². The van der Waals surface area contributed by atoms with E-state index in [0.29, 0.717) is 19.3 Å². The SMILES string of the molecule is CC=CCCC(O)C(O)CCC=CCO. The fraction of sp³-hybridized carbons (Fsp3) is 0.667. The predicted octanol–water partition coefficient (Wildman–Crippen LogP) is 1.39. The first kappa shape index (κ1) is 14.4. The quantitative estimate of drug-likeness (QED) is 0.535. The van der Waals surface area contributed by atoms with Crippen molar-refractivity contribution < 1.29 is 15.3 Å². The summed E-state index contributed by atoms with van der Waals surface area (Å²) >= 11 is 0. The highest BCUT2D eigenvalue weighted by atomic mass is 16.3. The van der Waals surface area contributed by atoms with E-state index in [-0.39, 0.29) is 6.61 Å². The molecule has 0 aromatic rings. The number of aliphatic hydroxyl groups excluding tert-OH is 3. The molecule has 0 saturated heterocycles. The monoisotopic (exact) mass is 214 g/mol. The number of rotatable bonds is 8. The summed E-state index contributed by atoms with van der Waals surface area (Å²) in [5, 5.41) is 27.6. The molecule has 0 rings (SSSR count). The molecule has 0 aliphatic carbocycles. The Morgan fingerprint density at radius 3 is 1.93 bits per heavy atom. The second-order valence-electron chi connectivity index (χ2n) is 3.51. The van der Waals surface area contributed by atoms with Gasteiger partial charge in [-0.25, -0.2) is 0 Å². The van der Waals surface area contributed by atoms with Crippen LogP contribution in [0.2, 0.25) is 0 Å². The third-order valence-corrected chi connectivity index (χ3v) is 2.21. The van der Waals surface area contributed by atoms with Gasteiger partial charge in [-0.3, -0.25) is 0 Å². The highest BCUT2D eigenvalue weighted by Gasteiger charge is 2.13. The van der Waals surface area contributed by atoms with Gasteiger partial charge in [0.15, 0.2) is 0 Å². The predicted molar refractivity (Wildman–Crippen MR) is 61.5 cm³/mol. The minimum atomic E-state index is -0.668. The Balaban J connectivity index is 3.59. The van der Waals surface area contributed by atoms with Crippen LogP contribution < -0.4 is 0 Å². The summed E-state index contributed by atoms with van der Waals surface area (Å²) in [6.45, 7) is 1.96. The molecular formula is C12H22O3. The molecule has 0 aromatic heterocycles. The summed E-state index contributed by atoms with van der Waals surface area (Å²) in [5.74, 6) is 0. The lowest BCUT2D eigenvalue weighted by molar-refractivity contribution is 0.0111. The second-order valence-corrected chi connectivity index (χ2v) is 3.51. The largest absolute Gasteiger partial charge is 0.392 e. The molecule has 15 heavy (non-hydrogen) atoms. The maximum Gasteiger partial charge on any atom is 0.0802 e.